The van der Waals surface area contributed by atoms with Gasteiger partial charge in [-0.05, 0) is 87.8 Å². The van der Waals surface area contributed by atoms with Crippen LogP contribution in [0.1, 0.15) is 79.6 Å². The standard InChI is InChI=1S/C41H53F4N5O10S/c1-22-10-8-9-11-25-20-41(25,36(53)48-61(56,57)40(14-15-40)35(42)43)47-32(51)29-19-27(60-33-28-13-12-26(58-6)17-24(28)18-30(46-33)59-7)21-49(29)34(52)31(23(2)16-22)50(37(54)55)38(3,4)39(5,44)45/h9,11-13,17-18,22-23,25,27,29,31,35H,8,10,14-16,19-21H2,1-7H3,(H,47,51)(H,48,53)(H,54,55)/b11-9-/t22-,23-,25-,27-,29+,31+,41-/m1/s1. The molecule has 15 nitrogen and oxygen atoms in total. The number of hydrogen-bond acceptors (Lipinski definition) is 10. The smallest absolute Gasteiger partial charge is 0.408 e. The third-order valence-corrected chi connectivity index (χ3v) is 15.0. The van der Waals surface area contributed by atoms with E-state index in [-0.39, 0.29) is 56.3 Å². The third kappa shape index (κ3) is 8.52. The van der Waals surface area contributed by atoms with E-state index in [2.05, 4.69) is 10.3 Å². The summed E-state index contributed by atoms with van der Waals surface area (Å²) in [5.41, 5.74) is -4.37. The Kier molecular flexibility index (Phi) is 12.3. The molecule has 2 aliphatic heterocycles. The fourth-order valence-electron chi connectivity index (χ4n) is 8.58. The van der Waals surface area contributed by atoms with Crippen molar-refractivity contribution in [2.75, 3.05) is 20.8 Å². The molecule has 6 rings (SSSR count). The number of sulfonamides is 1. The van der Waals surface area contributed by atoms with E-state index in [9.17, 15) is 36.7 Å². The van der Waals surface area contributed by atoms with Crippen molar-refractivity contribution in [1.29, 1.82) is 0 Å². The van der Waals surface area contributed by atoms with Gasteiger partial charge in [-0.3, -0.25) is 24.0 Å². The SMILES string of the molecule is COc1ccc2c(O[C@@H]3C[C@H]4C(=O)N[C@]5(C(=O)NS(=O)(=O)C6(C(F)F)CC6)C[C@H]5/C=C\CC[C@@H](C)C[C@@H](C)[C@H](N(C(=O)O)C(C)(C)C(C)(F)F)C(=O)N4C3)nc(OC)cc2c1. The van der Waals surface area contributed by atoms with Gasteiger partial charge in [0.05, 0.1) is 20.8 Å². The molecule has 4 aliphatic rings. The van der Waals surface area contributed by atoms with Crippen molar-refractivity contribution in [3.05, 3.63) is 36.4 Å². The van der Waals surface area contributed by atoms with Gasteiger partial charge in [0.15, 0.2) is 4.75 Å². The largest absolute Gasteiger partial charge is 0.497 e. The number of fused-ring (bicyclic) bond motifs is 3. The minimum Gasteiger partial charge on any atom is -0.497 e. The van der Waals surface area contributed by atoms with E-state index in [0.29, 0.717) is 41.2 Å². The second-order valence-corrected chi connectivity index (χ2v) is 19.5. The van der Waals surface area contributed by atoms with E-state index < -0.39 is 92.0 Å². The van der Waals surface area contributed by atoms with Gasteiger partial charge in [-0.2, -0.15) is 4.98 Å². The Balaban J connectivity index is 1.44. The summed E-state index contributed by atoms with van der Waals surface area (Å²) in [7, 11) is -2.03. The second kappa shape index (κ2) is 16.4. The van der Waals surface area contributed by atoms with Gasteiger partial charge in [0.1, 0.15) is 35.0 Å². The maximum Gasteiger partial charge on any atom is 0.408 e. The van der Waals surface area contributed by atoms with Crippen LogP contribution in [-0.2, 0) is 24.4 Å². The van der Waals surface area contributed by atoms with Crippen molar-refractivity contribution in [3.8, 4) is 17.5 Å². The number of pyridine rings is 1. The minimum atomic E-state index is -4.91. The molecule has 3 heterocycles. The van der Waals surface area contributed by atoms with Crippen molar-refractivity contribution in [1.82, 2.24) is 24.8 Å². The predicted molar refractivity (Wildman–Crippen MR) is 213 cm³/mol. The van der Waals surface area contributed by atoms with Gasteiger partial charge in [-0.25, -0.2) is 30.8 Å². The summed E-state index contributed by atoms with van der Waals surface area (Å²) in [4.78, 5) is 62.8. The number of ether oxygens (including phenoxy) is 3. The number of benzene rings is 1. The molecule has 4 amide bonds. The van der Waals surface area contributed by atoms with Crippen LogP contribution in [0.5, 0.6) is 17.5 Å². The van der Waals surface area contributed by atoms with Gasteiger partial charge in [-0.15, -0.1) is 0 Å². The summed E-state index contributed by atoms with van der Waals surface area (Å²) in [6.45, 7) is 5.66. The number of rotatable bonds is 11. The Morgan fingerprint density at radius 1 is 1.08 bits per heavy atom. The summed E-state index contributed by atoms with van der Waals surface area (Å²) in [6, 6.07) is 3.40. The number of aromatic nitrogens is 1. The molecule has 336 valence electrons. The molecule has 1 aromatic heterocycles. The summed E-state index contributed by atoms with van der Waals surface area (Å²) < 4.78 is 102. The van der Waals surface area contributed by atoms with Gasteiger partial charge in [0, 0.05) is 30.7 Å². The van der Waals surface area contributed by atoms with Crippen LogP contribution in [-0.4, -0.2) is 119 Å². The van der Waals surface area contributed by atoms with Gasteiger partial charge >= 0.3 is 6.09 Å². The molecule has 20 heteroatoms. The molecule has 61 heavy (non-hydrogen) atoms. The first-order valence-corrected chi connectivity index (χ1v) is 21.6. The number of carboxylic acid groups (broad SMARTS) is 1. The van der Waals surface area contributed by atoms with Crippen LogP contribution in [0, 0.1) is 17.8 Å². The van der Waals surface area contributed by atoms with Crippen LogP contribution < -0.4 is 24.2 Å². The lowest BCUT2D eigenvalue weighted by atomic mass is 9.84. The lowest BCUT2D eigenvalue weighted by molar-refractivity contribution is -0.156. The van der Waals surface area contributed by atoms with Crippen LogP contribution in [0.3, 0.4) is 0 Å². The molecule has 0 spiro atoms. The molecule has 1 aromatic carbocycles. The number of carbonyl (C=O) groups is 4. The summed E-state index contributed by atoms with van der Waals surface area (Å²) in [5.74, 6) is -7.95. The number of carbonyl (C=O) groups excluding carboxylic acids is 3. The van der Waals surface area contributed by atoms with E-state index >= 15 is 13.6 Å². The van der Waals surface area contributed by atoms with Crippen LogP contribution >= 0.6 is 0 Å². The maximum atomic E-state index is 15.4. The van der Waals surface area contributed by atoms with Gasteiger partial charge in [-0.1, -0.05) is 26.0 Å². The molecule has 2 aromatic rings. The first-order chi connectivity index (χ1) is 28.4. The molecule has 2 aliphatic carbocycles. The number of nitrogens with one attached hydrogen (secondary N) is 2. The van der Waals surface area contributed by atoms with Gasteiger partial charge in [0.2, 0.25) is 33.6 Å². The Morgan fingerprint density at radius 2 is 1.77 bits per heavy atom. The van der Waals surface area contributed by atoms with E-state index in [1.54, 1.807) is 43.3 Å². The Labute approximate surface area is 351 Å². The molecular weight excluding hydrogens is 831 g/mol. The Hall–Kier alpha value is -4.88. The third-order valence-electron chi connectivity index (χ3n) is 12.9. The number of nitrogens with zero attached hydrogens (tertiary/aromatic N) is 3. The predicted octanol–water partition coefficient (Wildman–Crippen LogP) is 5.51. The minimum absolute atomic E-state index is 0.0387. The summed E-state index contributed by atoms with van der Waals surface area (Å²) in [5, 5.41) is 14.4. The van der Waals surface area contributed by atoms with Crippen LogP contribution in [0.4, 0.5) is 22.4 Å². The van der Waals surface area contributed by atoms with E-state index in [0.717, 1.165) is 18.7 Å². The molecule has 0 bridgehead atoms. The zero-order valence-electron chi connectivity index (χ0n) is 35.0. The number of alkyl halides is 4. The summed E-state index contributed by atoms with van der Waals surface area (Å²) in [6.07, 6.45) is -2.75. The zero-order valence-corrected chi connectivity index (χ0v) is 35.9. The molecule has 1 saturated heterocycles. The highest BCUT2D eigenvalue weighted by molar-refractivity contribution is 7.91. The molecule has 2 saturated carbocycles. The molecule has 3 fully saturated rings. The molecule has 0 unspecified atom stereocenters. The fraction of sp³-hybridized carbons (Fsp3) is 0.634. The maximum absolute atomic E-state index is 15.4. The van der Waals surface area contributed by atoms with Crippen molar-refractivity contribution in [2.24, 2.45) is 17.8 Å². The Morgan fingerprint density at radius 3 is 2.36 bits per heavy atom. The highest BCUT2D eigenvalue weighted by Gasteiger charge is 2.66. The first-order valence-electron chi connectivity index (χ1n) is 20.2. The lowest BCUT2D eigenvalue weighted by Gasteiger charge is -2.47. The van der Waals surface area contributed by atoms with E-state index in [1.165, 1.54) is 14.2 Å². The van der Waals surface area contributed by atoms with Crippen molar-refractivity contribution in [3.63, 3.8) is 0 Å². The number of methoxy groups -OCH3 is 2. The quantitative estimate of drug-likeness (QED) is 0.190. The van der Waals surface area contributed by atoms with Crippen molar-refractivity contribution in [2.45, 2.75) is 126 Å². The Bertz CT molecular complexity index is 2190. The monoisotopic (exact) mass is 883 g/mol. The highest BCUT2D eigenvalue weighted by Crippen LogP contribution is 2.50. The normalized spacial score (nSPS) is 28.7. The van der Waals surface area contributed by atoms with Crippen LogP contribution in [0.25, 0.3) is 10.8 Å². The highest BCUT2D eigenvalue weighted by atomic mass is 32.2. The molecule has 7 atom stereocenters. The number of hydrogen-bond donors (Lipinski definition) is 3. The van der Waals surface area contributed by atoms with Gasteiger partial charge in [0.25, 0.3) is 18.3 Å². The van der Waals surface area contributed by atoms with Crippen LogP contribution in [0.15, 0.2) is 36.4 Å². The van der Waals surface area contributed by atoms with E-state index in [1.807, 2.05) is 11.6 Å². The number of amides is 4. The van der Waals surface area contributed by atoms with E-state index in [4.69, 9.17) is 14.2 Å². The zero-order chi connectivity index (χ0) is 45.0. The molecule has 0 radical (unpaired) electrons. The molecule has 3 N–H and O–H groups in total. The lowest BCUT2D eigenvalue weighted by Crippen LogP contribution is -2.66. The van der Waals surface area contributed by atoms with Crippen molar-refractivity contribution >= 4 is 44.6 Å². The van der Waals surface area contributed by atoms with Crippen LogP contribution in [0.2, 0.25) is 0 Å². The number of allylic oxidation sites excluding steroid dienone is 1. The fourth-order valence-corrected chi connectivity index (χ4v) is 10.1. The average Bonchev–Trinajstić information content (AvgIpc) is 4.09. The second-order valence-electron chi connectivity index (χ2n) is 17.5. The summed E-state index contributed by atoms with van der Waals surface area (Å²) >= 11 is 0. The molecular formula is C41H53F4N5O10S. The van der Waals surface area contributed by atoms with Gasteiger partial charge < -0.3 is 29.5 Å². The topological polar surface area (TPSA) is 194 Å². The number of halogens is 4. The van der Waals surface area contributed by atoms with Crippen molar-refractivity contribution < 1.29 is 64.5 Å². The average molecular weight is 884 g/mol. The first kappa shape index (κ1) is 45.6.